The normalized spacial score (nSPS) is 17.4. The first-order valence-electron chi connectivity index (χ1n) is 11.7. The smallest absolute Gasteiger partial charge is 0.264 e. The van der Waals surface area contributed by atoms with Crippen LogP contribution in [0.15, 0.2) is 77.7 Å². The molecular formula is C27H28N2O4S. The molecule has 0 saturated carbocycles. The number of sulfonamides is 1. The molecule has 176 valence electrons. The highest BCUT2D eigenvalue weighted by Gasteiger charge is 2.29. The third-order valence-electron chi connectivity index (χ3n) is 6.55. The van der Waals surface area contributed by atoms with Crippen LogP contribution in [0.5, 0.6) is 5.75 Å². The summed E-state index contributed by atoms with van der Waals surface area (Å²) in [6, 6.07) is 22.1. The van der Waals surface area contributed by atoms with Crippen LogP contribution in [0.25, 0.3) is 0 Å². The van der Waals surface area contributed by atoms with Gasteiger partial charge in [-0.1, -0.05) is 42.5 Å². The van der Waals surface area contributed by atoms with Crippen LogP contribution >= 0.6 is 0 Å². The van der Waals surface area contributed by atoms with Crippen LogP contribution in [0.3, 0.4) is 0 Å². The van der Waals surface area contributed by atoms with E-state index in [1.54, 1.807) is 12.1 Å². The summed E-state index contributed by atoms with van der Waals surface area (Å²) in [7, 11) is -3.67. The lowest BCUT2D eigenvalue weighted by Gasteiger charge is -2.30. The van der Waals surface area contributed by atoms with Gasteiger partial charge in [-0.2, -0.15) is 0 Å². The van der Waals surface area contributed by atoms with Crippen molar-refractivity contribution in [2.45, 2.75) is 43.0 Å². The molecule has 1 unspecified atom stereocenters. The summed E-state index contributed by atoms with van der Waals surface area (Å²) in [5, 5.41) is 3.07. The van der Waals surface area contributed by atoms with E-state index in [1.807, 2.05) is 36.4 Å². The van der Waals surface area contributed by atoms with Crippen LogP contribution in [0.2, 0.25) is 0 Å². The molecule has 0 saturated heterocycles. The molecule has 6 nitrogen and oxygen atoms in total. The molecule has 0 spiro atoms. The number of para-hydroxylation sites is 1. The summed E-state index contributed by atoms with van der Waals surface area (Å²) in [5.74, 6) is 0.264. The molecule has 3 aromatic rings. The fraction of sp³-hybridized carbons (Fsp3) is 0.296. The number of carbonyl (C=O) groups is 1. The van der Waals surface area contributed by atoms with Gasteiger partial charge >= 0.3 is 0 Å². The van der Waals surface area contributed by atoms with Gasteiger partial charge in [0, 0.05) is 6.54 Å². The van der Waals surface area contributed by atoms with Crippen LogP contribution in [-0.2, 0) is 27.7 Å². The number of hydrogen-bond acceptors (Lipinski definition) is 4. The first-order valence-corrected chi connectivity index (χ1v) is 13.2. The molecule has 1 amide bonds. The average Bonchev–Trinajstić information content (AvgIpc) is 2.87. The van der Waals surface area contributed by atoms with Gasteiger partial charge in [-0.25, -0.2) is 8.42 Å². The van der Waals surface area contributed by atoms with E-state index in [-0.39, 0.29) is 23.5 Å². The number of amides is 1. The van der Waals surface area contributed by atoms with E-state index in [2.05, 4.69) is 17.4 Å². The van der Waals surface area contributed by atoms with Crippen molar-refractivity contribution >= 4 is 21.6 Å². The average molecular weight is 477 g/mol. The Balaban J connectivity index is 1.22. The van der Waals surface area contributed by atoms with E-state index in [9.17, 15) is 13.2 Å². The highest BCUT2D eigenvalue weighted by Crippen LogP contribution is 2.32. The maximum absolute atomic E-state index is 13.3. The van der Waals surface area contributed by atoms with E-state index in [0.29, 0.717) is 12.3 Å². The molecule has 1 atom stereocenters. The summed E-state index contributed by atoms with van der Waals surface area (Å²) in [6.45, 7) is 0.340. The zero-order valence-corrected chi connectivity index (χ0v) is 19.8. The molecule has 0 bridgehead atoms. The van der Waals surface area contributed by atoms with Crippen molar-refractivity contribution in [2.24, 2.45) is 0 Å². The van der Waals surface area contributed by atoms with Crippen LogP contribution in [0, 0.1) is 0 Å². The Morgan fingerprint density at radius 1 is 0.912 bits per heavy atom. The Hall–Kier alpha value is -3.32. The van der Waals surface area contributed by atoms with Gasteiger partial charge in [-0.05, 0) is 79.1 Å². The van der Waals surface area contributed by atoms with Gasteiger partial charge in [0.1, 0.15) is 5.75 Å². The topological polar surface area (TPSA) is 75.7 Å². The van der Waals surface area contributed by atoms with Crippen molar-refractivity contribution in [3.8, 4) is 5.75 Å². The standard InChI is InChI=1S/C27H28N2O4S/c30-27(28-25-12-5-9-20-7-1-3-11-24(20)25)19-33-22-14-16-23(17-15-22)34(31,32)29-18-6-10-21-8-2-4-13-26(21)29/h1-4,7-8,11,13-17,25H,5-6,9-10,12,18-19H2,(H,28,30). The largest absolute Gasteiger partial charge is 0.484 e. The Labute approximate surface area is 200 Å². The fourth-order valence-corrected chi connectivity index (χ4v) is 6.41. The number of benzene rings is 3. The lowest BCUT2D eigenvalue weighted by molar-refractivity contribution is -0.124. The first-order chi connectivity index (χ1) is 16.5. The Morgan fingerprint density at radius 2 is 1.62 bits per heavy atom. The molecule has 3 aromatic carbocycles. The summed E-state index contributed by atoms with van der Waals surface area (Å²) in [4.78, 5) is 12.7. The Kier molecular flexibility index (Phi) is 6.28. The van der Waals surface area contributed by atoms with Crippen molar-refractivity contribution in [2.75, 3.05) is 17.5 Å². The number of nitrogens with one attached hydrogen (secondary N) is 1. The van der Waals surface area contributed by atoms with Crippen LogP contribution in [-0.4, -0.2) is 27.5 Å². The molecule has 0 fully saturated rings. The van der Waals surface area contributed by atoms with E-state index < -0.39 is 10.0 Å². The minimum absolute atomic E-state index is 0.000916. The van der Waals surface area contributed by atoms with E-state index in [0.717, 1.165) is 43.4 Å². The van der Waals surface area contributed by atoms with Crippen molar-refractivity contribution in [3.05, 3.63) is 89.5 Å². The van der Waals surface area contributed by atoms with E-state index >= 15 is 0 Å². The Bertz CT molecular complexity index is 1290. The van der Waals surface area contributed by atoms with Crippen molar-refractivity contribution in [1.82, 2.24) is 5.32 Å². The predicted octanol–water partition coefficient (Wildman–Crippen LogP) is 4.40. The van der Waals surface area contributed by atoms with Crippen LogP contribution in [0.4, 0.5) is 5.69 Å². The number of fused-ring (bicyclic) bond motifs is 2. The van der Waals surface area contributed by atoms with Gasteiger partial charge in [-0.3, -0.25) is 9.10 Å². The van der Waals surface area contributed by atoms with Gasteiger partial charge in [0.05, 0.1) is 16.6 Å². The molecule has 0 aromatic heterocycles. The molecule has 0 radical (unpaired) electrons. The van der Waals surface area contributed by atoms with E-state index in [4.69, 9.17) is 4.74 Å². The molecule has 7 heteroatoms. The number of ether oxygens (including phenoxy) is 1. The lowest BCUT2D eigenvalue weighted by Crippen LogP contribution is -2.35. The number of nitrogens with zero attached hydrogens (tertiary/aromatic N) is 1. The van der Waals surface area contributed by atoms with Crippen LogP contribution in [0.1, 0.15) is 42.0 Å². The minimum atomic E-state index is -3.67. The number of hydrogen-bond donors (Lipinski definition) is 1. The maximum atomic E-state index is 13.3. The minimum Gasteiger partial charge on any atom is -0.484 e. The molecule has 5 rings (SSSR count). The van der Waals surface area contributed by atoms with Gasteiger partial charge in [0.25, 0.3) is 15.9 Å². The van der Waals surface area contributed by atoms with Gasteiger partial charge in [-0.15, -0.1) is 0 Å². The quantitative estimate of drug-likeness (QED) is 0.572. The fourth-order valence-electron chi connectivity index (χ4n) is 4.87. The van der Waals surface area contributed by atoms with Crippen molar-refractivity contribution in [1.29, 1.82) is 0 Å². The number of rotatable bonds is 6. The summed E-state index contributed by atoms with van der Waals surface area (Å²) >= 11 is 0. The number of aryl methyl sites for hydroxylation is 2. The monoisotopic (exact) mass is 476 g/mol. The third-order valence-corrected chi connectivity index (χ3v) is 8.38. The van der Waals surface area contributed by atoms with Gasteiger partial charge in [0.15, 0.2) is 6.61 Å². The highest BCUT2D eigenvalue weighted by atomic mass is 32.2. The first kappa shape index (κ1) is 22.5. The van der Waals surface area contributed by atoms with Crippen molar-refractivity contribution in [3.63, 3.8) is 0 Å². The molecule has 1 aliphatic carbocycles. The molecule has 34 heavy (non-hydrogen) atoms. The molecular weight excluding hydrogens is 448 g/mol. The summed E-state index contributed by atoms with van der Waals surface area (Å²) in [6.07, 6.45) is 4.66. The van der Waals surface area contributed by atoms with Gasteiger partial charge < -0.3 is 10.1 Å². The molecule has 1 N–H and O–H groups in total. The lowest BCUT2D eigenvalue weighted by atomic mass is 9.88. The Morgan fingerprint density at radius 3 is 2.44 bits per heavy atom. The predicted molar refractivity (Wildman–Crippen MR) is 131 cm³/mol. The van der Waals surface area contributed by atoms with Crippen molar-refractivity contribution < 1.29 is 17.9 Å². The second-order valence-electron chi connectivity index (χ2n) is 8.78. The highest BCUT2D eigenvalue weighted by molar-refractivity contribution is 7.92. The molecule has 1 aliphatic heterocycles. The van der Waals surface area contributed by atoms with E-state index in [1.165, 1.54) is 27.6 Å². The second kappa shape index (κ2) is 9.50. The molecule has 1 heterocycles. The zero-order chi connectivity index (χ0) is 23.5. The van der Waals surface area contributed by atoms with Gasteiger partial charge in [0.2, 0.25) is 0 Å². The molecule has 2 aliphatic rings. The maximum Gasteiger partial charge on any atom is 0.264 e. The second-order valence-corrected chi connectivity index (χ2v) is 10.6. The van der Waals surface area contributed by atoms with Crippen LogP contribution < -0.4 is 14.4 Å². The SMILES string of the molecule is O=C(COc1ccc(S(=O)(=O)N2CCCc3ccccc32)cc1)NC1CCCc2ccccc21. The summed E-state index contributed by atoms with van der Waals surface area (Å²) < 4.78 is 33.7. The number of anilines is 1. The third kappa shape index (κ3) is 4.53. The summed E-state index contributed by atoms with van der Waals surface area (Å²) in [5.41, 5.74) is 4.25. The zero-order valence-electron chi connectivity index (χ0n) is 18.9. The number of carbonyl (C=O) groups excluding carboxylic acids is 1.